The van der Waals surface area contributed by atoms with Crippen LogP contribution < -0.4 is 5.32 Å². The van der Waals surface area contributed by atoms with Gasteiger partial charge in [0.05, 0.1) is 22.4 Å². The maximum Gasteiger partial charge on any atom is 0.252 e. The molecule has 0 spiro atoms. The van der Waals surface area contributed by atoms with Crippen LogP contribution in [0.5, 0.6) is 0 Å². The highest BCUT2D eigenvalue weighted by Gasteiger charge is 2.13. The van der Waals surface area contributed by atoms with Gasteiger partial charge >= 0.3 is 0 Å². The standard InChI is InChI=1S/C19H20N6O2S/c1-12-13(8-24(2)23-12)15-11-28-19(21-15)22-18(26)10-27-9-17-20-14-6-4-5-7-16(14)25(17)3/h4-8,11H,9-10H2,1-3H3,(H,21,22,26). The van der Waals surface area contributed by atoms with Crippen LogP contribution in [0.1, 0.15) is 11.5 Å². The van der Waals surface area contributed by atoms with Crippen LogP contribution in [0.15, 0.2) is 35.8 Å². The second-order valence-electron chi connectivity index (χ2n) is 6.46. The molecule has 8 nitrogen and oxygen atoms in total. The van der Waals surface area contributed by atoms with Gasteiger partial charge in [-0.3, -0.25) is 14.8 Å². The molecule has 3 heterocycles. The lowest BCUT2D eigenvalue weighted by Gasteiger charge is -2.04. The molecule has 4 rings (SSSR count). The lowest BCUT2D eigenvalue weighted by Crippen LogP contribution is -2.18. The fourth-order valence-electron chi connectivity index (χ4n) is 3.02. The van der Waals surface area contributed by atoms with Gasteiger partial charge in [0, 0.05) is 31.2 Å². The predicted molar refractivity (Wildman–Crippen MR) is 108 cm³/mol. The van der Waals surface area contributed by atoms with Gasteiger partial charge in [-0.2, -0.15) is 5.10 Å². The number of nitrogens with one attached hydrogen (secondary N) is 1. The molecule has 0 aliphatic rings. The number of benzene rings is 1. The van der Waals surface area contributed by atoms with E-state index in [-0.39, 0.29) is 19.1 Å². The topological polar surface area (TPSA) is 86.9 Å². The highest BCUT2D eigenvalue weighted by Crippen LogP contribution is 2.26. The van der Waals surface area contributed by atoms with Crippen molar-refractivity contribution in [3.63, 3.8) is 0 Å². The molecule has 0 bridgehead atoms. The summed E-state index contributed by atoms with van der Waals surface area (Å²) in [6, 6.07) is 7.87. The third-order valence-electron chi connectivity index (χ3n) is 4.38. The second-order valence-corrected chi connectivity index (χ2v) is 7.31. The molecule has 0 aliphatic carbocycles. The van der Waals surface area contributed by atoms with Crippen molar-refractivity contribution in [3.05, 3.63) is 47.4 Å². The predicted octanol–water partition coefficient (Wildman–Crippen LogP) is 2.89. The molecule has 1 N–H and O–H groups in total. The number of anilines is 1. The van der Waals surface area contributed by atoms with Crippen LogP contribution in [0.4, 0.5) is 5.13 Å². The first kappa shape index (κ1) is 18.3. The summed E-state index contributed by atoms with van der Waals surface area (Å²) in [5.41, 5.74) is 4.60. The number of hydrogen-bond acceptors (Lipinski definition) is 6. The minimum atomic E-state index is -0.248. The van der Waals surface area contributed by atoms with E-state index in [0.717, 1.165) is 33.8 Å². The van der Waals surface area contributed by atoms with E-state index in [4.69, 9.17) is 4.74 Å². The minimum absolute atomic E-state index is 0.0654. The van der Waals surface area contributed by atoms with Crippen molar-refractivity contribution in [2.45, 2.75) is 13.5 Å². The molecule has 1 amide bonds. The number of ether oxygens (including phenoxy) is 1. The largest absolute Gasteiger partial charge is 0.364 e. The zero-order valence-corrected chi connectivity index (χ0v) is 16.7. The summed E-state index contributed by atoms with van der Waals surface area (Å²) in [5, 5.41) is 9.53. The third-order valence-corrected chi connectivity index (χ3v) is 5.14. The monoisotopic (exact) mass is 396 g/mol. The van der Waals surface area contributed by atoms with Crippen molar-refractivity contribution in [3.8, 4) is 11.3 Å². The Hall–Kier alpha value is -3.04. The summed E-state index contributed by atoms with van der Waals surface area (Å²) < 4.78 is 9.26. The smallest absolute Gasteiger partial charge is 0.252 e. The molecule has 0 atom stereocenters. The first-order valence-electron chi connectivity index (χ1n) is 8.75. The van der Waals surface area contributed by atoms with E-state index >= 15 is 0 Å². The molecule has 0 radical (unpaired) electrons. The maximum absolute atomic E-state index is 12.2. The molecule has 9 heteroatoms. The summed E-state index contributed by atoms with van der Waals surface area (Å²) >= 11 is 1.37. The number of amides is 1. The Balaban J connectivity index is 1.33. The Morgan fingerprint density at radius 1 is 1.25 bits per heavy atom. The Labute approximate surface area is 165 Å². The number of nitrogens with zero attached hydrogens (tertiary/aromatic N) is 5. The van der Waals surface area contributed by atoms with E-state index in [2.05, 4.69) is 20.4 Å². The van der Waals surface area contributed by atoms with Gasteiger partial charge < -0.3 is 9.30 Å². The number of imidazole rings is 1. The summed E-state index contributed by atoms with van der Waals surface area (Å²) in [4.78, 5) is 21.2. The van der Waals surface area contributed by atoms with Gasteiger partial charge in [0.15, 0.2) is 5.13 Å². The summed E-state index contributed by atoms with van der Waals surface area (Å²) in [7, 11) is 3.80. The lowest BCUT2D eigenvalue weighted by molar-refractivity contribution is -0.121. The second kappa shape index (κ2) is 7.53. The van der Waals surface area contributed by atoms with Crippen molar-refractivity contribution in [1.29, 1.82) is 0 Å². The highest BCUT2D eigenvalue weighted by atomic mass is 32.1. The van der Waals surface area contributed by atoms with Gasteiger partial charge in [0.25, 0.3) is 5.91 Å². The lowest BCUT2D eigenvalue weighted by atomic mass is 10.2. The normalized spacial score (nSPS) is 11.2. The molecular formula is C19H20N6O2S. The molecule has 4 aromatic rings. The van der Waals surface area contributed by atoms with Crippen molar-refractivity contribution in [2.75, 3.05) is 11.9 Å². The SMILES string of the molecule is Cc1nn(C)cc1-c1csc(NC(=O)COCc2nc3ccccc3n2C)n1. The number of hydrogen-bond donors (Lipinski definition) is 1. The molecule has 144 valence electrons. The van der Waals surface area contributed by atoms with Crippen LogP contribution in [0, 0.1) is 6.92 Å². The van der Waals surface area contributed by atoms with E-state index in [0.29, 0.717) is 5.13 Å². The van der Waals surface area contributed by atoms with Gasteiger partial charge in [0.1, 0.15) is 19.0 Å². The maximum atomic E-state index is 12.2. The Morgan fingerprint density at radius 3 is 2.82 bits per heavy atom. The van der Waals surface area contributed by atoms with Crippen LogP contribution in [0.3, 0.4) is 0 Å². The molecule has 28 heavy (non-hydrogen) atoms. The number of para-hydroxylation sites is 2. The van der Waals surface area contributed by atoms with Gasteiger partial charge in [-0.15, -0.1) is 11.3 Å². The van der Waals surface area contributed by atoms with Gasteiger partial charge in [-0.25, -0.2) is 9.97 Å². The van der Waals surface area contributed by atoms with E-state index in [1.54, 1.807) is 4.68 Å². The fraction of sp³-hybridized carbons (Fsp3) is 0.263. The van der Waals surface area contributed by atoms with Gasteiger partial charge in [-0.05, 0) is 19.1 Å². The van der Waals surface area contributed by atoms with E-state index < -0.39 is 0 Å². The molecule has 0 aliphatic heterocycles. The number of fused-ring (bicyclic) bond motifs is 1. The number of carbonyl (C=O) groups is 1. The van der Waals surface area contributed by atoms with Gasteiger partial charge in [-0.1, -0.05) is 12.1 Å². The Kier molecular flexibility index (Phi) is 4.93. The molecule has 0 fully saturated rings. The zero-order valence-electron chi connectivity index (χ0n) is 15.8. The molecule has 0 unspecified atom stereocenters. The van der Waals surface area contributed by atoms with Crippen molar-refractivity contribution < 1.29 is 9.53 Å². The quantitative estimate of drug-likeness (QED) is 0.542. The zero-order chi connectivity index (χ0) is 19.7. The minimum Gasteiger partial charge on any atom is -0.364 e. The average Bonchev–Trinajstić information content (AvgIpc) is 3.34. The van der Waals surface area contributed by atoms with Crippen LogP contribution in [0.2, 0.25) is 0 Å². The van der Waals surface area contributed by atoms with Crippen LogP contribution in [0.25, 0.3) is 22.3 Å². The first-order valence-corrected chi connectivity index (χ1v) is 9.63. The van der Waals surface area contributed by atoms with Crippen molar-refractivity contribution in [1.82, 2.24) is 24.3 Å². The highest BCUT2D eigenvalue weighted by molar-refractivity contribution is 7.14. The summed E-state index contributed by atoms with van der Waals surface area (Å²) in [5.74, 6) is 0.528. The summed E-state index contributed by atoms with van der Waals surface area (Å²) in [6.07, 6.45) is 1.91. The molecule has 1 aromatic carbocycles. The number of rotatable bonds is 6. The average molecular weight is 396 g/mol. The third kappa shape index (κ3) is 3.67. The van der Waals surface area contributed by atoms with Crippen LogP contribution >= 0.6 is 11.3 Å². The van der Waals surface area contributed by atoms with Crippen molar-refractivity contribution >= 4 is 33.4 Å². The number of carbonyl (C=O) groups excluding carboxylic acids is 1. The molecule has 0 saturated carbocycles. The number of aromatic nitrogens is 5. The number of aryl methyl sites for hydroxylation is 3. The van der Waals surface area contributed by atoms with E-state index in [1.165, 1.54) is 11.3 Å². The van der Waals surface area contributed by atoms with Crippen LogP contribution in [-0.4, -0.2) is 36.8 Å². The van der Waals surface area contributed by atoms with E-state index in [1.807, 2.05) is 61.4 Å². The Morgan fingerprint density at radius 2 is 2.07 bits per heavy atom. The fourth-order valence-corrected chi connectivity index (χ4v) is 3.75. The van der Waals surface area contributed by atoms with Gasteiger partial charge in [0.2, 0.25) is 0 Å². The van der Waals surface area contributed by atoms with E-state index in [9.17, 15) is 4.79 Å². The first-order chi connectivity index (χ1) is 13.5. The van der Waals surface area contributed by atoms with Crippen molar-refractivity contribution in [2.24, 2.45) is 14.1 Å². The summed E-state index contributed by atoms with van der Waals surface area (Å²) in [6.45, 7) is 2.13. The molecular weight excluding hydrogens is 376 g/mol. The van der Waals surface area contributed by atoms with Crippen LogP contribution in [-0.2, 0) is 30.2 Å². The Bertz CT molecular complexity index is 1140. The molecule has 3 aromatic heterocycles. The molecule has 0 saturated heterocycles. The number of thiazole rings is 1.